The van der Waals surface area contributed by atoms with Crippen molar-refractivity contribution < 1.29 is 13.5 Å². The molecule has 35 heavy (non-hydrogen) atoms. The second-order valence-electron chi connectivity index (χ2n) is 10.1. The summed E-state index contributed by atoms with van der Waals surface area (Å²) in [6, 6.07) is 20.0. The van der Waals surface area contributed by atoms with Crippen LogP contribution in [0.15, 0.2) is 71.6 Å². The Balaban J connectivity index is 1.33. The van der Waals surface area contributed by atoms with Gasteiger partial charge in [0.1, 0.15) is 5.75 Å². The Morgan fingerprint density at radius 2 is 1.69 bits per heavy atom. The smallest absolute Gasteiger partial charge is 0.261 e. The lowest BCUT2D eigenvalue weighted by Gasteiger charge is -2.56. The van der Waals surface area contributed by atoms with E-state index in [9.17, 15) is 13.5 Å². The number of hydrogen-bond donors (Lipinski definition) is 4. The van der Waals surface area contributed by atoms with Crippen LogP contribution in [0.2, 0.25) is 0 Å². The van der Waals surface area contributed by atoms with Crippen molar-refractivity contribution in [1.29, 1.82) is 0 Å². The maximum Gasteiger partial charge on any atom is 0.261 e. The number of sulfonamides is 1. The lowest BCUT2D eigenvalue weighted by molar-refractivity contribution is 0.0796. The van der Waals surface area contributed by atoms with Gasteiger partial charge >= 0.3 is 0 Å². The first-order valence-electron chi connectivity index (χ1n) is 12.5. The Morgan fingerprint density at radius 1 is 0.914 bits per heavy atom. The van der Waals surface area contributed by atoms with Gasteiger partial charge in [-0.25, -0.2) is 8.42 Å². The van der Waals surface area contributed by atoms with E-state index in [1.807, 2.05) is 18.2 Å². The molecule has 6 rings (SSSR count). The average Bonchev–Trinajstić information content (AvgIpc) is 2.87. The lowest BCUT2D eigenvalue weighted by Crippen LogP contribution is -2.59. The zero-order valence-corrected chi connectivity index (χ0v) is 20.4. The molecule has 0 amide bonds. The third kappa shape index (κ3) is 3.87. The van der Waals surface area contributed by atoms with Crippen LogP contribution in [0.4, 0.5) is 17.1 Å². The molecule has 3 aromatic carbocycles. The normalized spacial score (nSPS) is 25.3. The second-order valence-corrected chi connectivity index (χ2v) is 11.8. The van der Waals surface area contributed by atoms with Crippen LogP contribution >= 0.6 is 0 Å². The van der Waals surface area contributed by atoms with Gasteiger partial charge in [-0.2, -0.15) is 0 Å². The Morgan fingerprint density at radius 3 is 2.51 bits per heavy atom. The SMILES string of the molecule is O=S(=O)(Nc1ccccc1Nc1cc2c(cc1O)[C@@]13CCCC[C@H]1[C@@H](C2)NCC3)c1ccccc1. The largest absolute Gasteiger partial charge is 0.506 e. The van der Waals surface area contributed by atoms with Gasteiger partial charge < -0.3 is 15.7 Å². The number of aromatic hydroxyl groups is 1. The van der Waals surface area contributed by atoms with E-state index in [2.05, 4.69) is 21.4 Å². The number of anilines is 3. The van der Waals surface area contributed by atoms with E-state index >= 15 is 0 Å². The molecule has 0 spiro atoms. The predicted molar refractivity (Wildman–Crippen MR) is 139 cm³/mol. The molecule has 4 N–H and O–H groups in total. The molecule has 3 aromatic rings. The van der Waals surface area contributed by atoms with Crippen molar-refractivity contribution in [2.24, 2.45) is 5.92 Å². The standard InChI is InChI=1S/C28H31N3O3S/c32-27-18-22-19(16-25-21-10-6-7-13-28(21,22)14-15-29-25)17-26(27)30-23-11-4-5-12-24(23)31-35(33,34)20-8-2-1-3-9-20/h1-5,8-9,11-12,17-18,21,25,29-32H,6-7,10,13-16H2/t21-,25+,28+/m0/s1. The number of para-hydroxylation sites is 2. The molecule has 3 atom stereocenters. The molecule has 182 valence electrons. The van der Waals surface area contributed by atoms with E-state index in [0.29, 0.717) is 29.0 Å². The van der Waals surface area contributed by atoms with Gasteiger partial charge in [-0.05, 0) is 85.7 Å². The van der Waals surface area contributed by atoms with Gasteiger partial charge in [0.05, 0.1) is 22.0 Å². The van der Waals surface area contributed by atoms with Crippen LogP contribution < -0.4 is 15.4 Å². The van der Waals surface area contributed by atoms with Crippen molar-refractivity contribution in [3.05, 3.63) is 77.9 Å². The summed E-state index contributed by atoms with van der Waals surface area (Å²) in [5.74, 6) is 0.851. The van der Waals surface area contributed by atoms with Gasteiger partial charge in [-0.15, -0.1) is 0 Å². The second kappa shape index (κ2) is 8.57. The number of benzene rings is 3. The third-order valence-corrected chi connectivity index (χ3v) is 9.63. The molecule has 3 aliphatic rings. The number of hydrogen-bond acceptors (Lipinski definition) is 5. The summed E-state index contributed by atoms with van der Waals surface area (Å²) in [5, 5.41) is 18.2. The average molecular weight is 490 g/mol. The van der Waals surface area contributed by atoms with E-state index in [-0.39, 0.29) is 16.1 Å². The highest BCUT2D eigenvalue weighted by Gasteiger charge is 2.51. The minimum absolute atomic E-state index is 0.168. The maximum absolute atomic E-state index is 12.9. The molecule has 1 aliphatic heterocycles. The van der Waals surface area contributed by atoms with E-state index in [1.54, 1.807) is 42.5 Å². The lowest BCUT2D eigenvalue weighted by atomic mass is 9.53. The van der Waals surface area contributed by atoms with Gasteiger partial charge in [-0.1, -0.05) is 43.2 Å². The Hall–Kier alpha value is -3.03. The zero-order valence-electron chi connectivity index (χ0n) is 19.6. The molecule has 0 radical (unpaired) electrons. The van der Waals surface area contributed by atoms with Crippen molar-refractivity contribution in [3.63, 3.8) is 0 Å². The Bertz CT molecular complexity index is 1360. The number of rotatable bonds is 5. The molecule has 0 aromatic heterocycles. The summed E-state index contributed by atoms with van der Waals surface area (Å²) >= 11 is 0. The molecule has 7 heteroatoms. The number of phenols is 1. The molecule has 1 heterocycles. The summed E-state index contributed by atoms with van der Waals surface area (Å²) in [7, 11) is -3.74. The first-order chi connectivity index (χ1) is 17.0. The highest BCUT2D eigenvalue weighted by atomic mass is 32.2. The predicted octanol–water partition coefficient (Wildman–Crippen LogP) is 5.28. The van der Waals surface area contributed by atoms with Gasteiger partial charge in [0.2, 0.25) is 0 Å². The highest BCUT2D eigenvalue weighted by Crippen LogP contribution is 2.55. The topological polar surface area (TPSA) is 90.5 Å². The van der Waals surface area contributed by atoms with E-state index in [4.69, 9.17) is 0 Å². The van der Waals surface area contributed by atoms with E-state index in [0.717, 1.165) is 19.4 Å². The van der Waals surface area contributed by atoms with E-state index in [1.165, 1.54) is 36.8 Å². The minimum Gasteiger partial charge on any atom is -0.506 e. The molecule has 2 bridgehead atoms. The van der Waals surface area contributed by atoms with Crippen molar-refractivity contribution in [2.45, 2.75) is 54.9 Å². The van der Waals surface area contributed by atoms with Gasteiger partial charge in [0.15, 0.2) is 0 Å². The quantitative estimate of drug-likeness (QED) is 0.366. The maximum atomic E-state index is 12.9. The third-order valence-electron chi connectivity index (χ3n) is 8.25. The molecular formula is C28H31N3O3S. The molecule has 0 unspecified atom stereocenters. The van der Waals surface area contributed by atoms with Crippen LogP contribution in [0.1, 0.15) is 43.2 Å². The molecule has 1 saturated carbocycles. The first-order valence-corrected chi connectivity index (χ1v) is 14.0. The van der Waals surface area contributed by atoms with E-state index < -0.39 is 10.0 Å². The van der Waals surface area contributed by atoms with Crippen molar-refractivity contribution >= 4 is 27.1 Å². The fraction of sp³-hybridized carbons (Fsp3) is 0.357. The van der Waals surface area contributed by atoms with Crippen LogP contribution in [0.25, 0.3) is 0 Å². The fourth-order valence-corrected chi connectivity index (χ4v) is 7.80. The number of nitrogens with one attached hydrogen (secondary N) is 3. The summed E-state index contributed by atoms with van der Waals surface area (Å²) in [4.78, 5) is 0.201. The summed E-state index contributed by atoms with van der Waals surface area (Å²) in [5.41, 5.74) is 4.38. The number of piperidine rings is 1. The van der Waals surface area contributed by atoms with Crippen LogP contribution in [0.3, 0.4) is 0 Å². The van der Waals surface area contributed by atoms with Crippen LogP contribution in [-0.4, -0.2) is 26.1 Å². The summed E-state index contributed by atoms with van der Waals surface area (Å²) < 4.78 is 28.5. The van der Waals surface area contributed by atoms with Crippen LogP contribution in [0, 0.1) is 5.92 Å². The van der Waals surface area contributed by atoms with Crippen LogP contribution in [0.5, 0.6) is 5.75 Å². The van der Waals surface area contributed by atoms with Gasteiger partial charge in [0.25, 0.3) is 10.0 Å². The summed E-state index contributed by atoms with van der Waals surface area (Å²) in [6.45, 7) is 1.04. The van der Waals surface area contributed by atoms with Crippen molar-refractivity contribution in [3.8, 4) is 5.75 Å². The van der Waals surface area contributed by atoms with Gasteiger partial charge in [-0.3, -0.25) is 4.72 Å². The first kappa shape index (κ1) is 22.4. The number of phenolic OH excluding ortho intramolecular Hbond substituents is 1. The molecule has 6 nitrogen and oxygen atoms in total. The zero-order chi connectivity index (χ0) is 24.0. The van der Waals surface area contributed by atoms with Crippen molar-refractivity contribution in [2.75, 3.05) is 16.6 Å². The fourth-order valence-electron chi connectivity index (χ4n) is 6.70. The monoisotopic (exact) mass is 489 g/mol. The number of fused-ring (bicyclic) bond motifs is 1. The molecule has 1 saturated heterocycles. The summed E-state index contributed by atoms with van der Waals surface area (Å²) in [6.07, 6.45) is 7.07. The Kier molecular flexibility index (Phi) is 5.49. The molecule has 2 aliphatic carbocycles. The van der Waals surface area contributed by atoms with Crippen LogP contribution in [-0.2, 0) is 21.9 Å². The minimum atomic E-state index is -3.74. The van der Waals surface area contributed by atoms with Crippen molar-refractivity contribution in [1.82, 2.24) is 5.32 Å². The van der Waals surface area contributed by atoms with Gasteiger partial charge in [0, 0.05) is 11.5 Å². The Labute approximate surface area is 206 Å². The highest BCUT2D eigenvalue weighted by molar-refractivity contribution is 7.92. The molecular weight excluding hydrogens is 458 g/mol. The molecule has 2 fully saturated rings.